The molecule has 0 aliphatic heterocycles. The van der Waals surface area contributed by atoms with E-state index in [-0.39, 0.29) is 0 Å². The first-order chi connectivity index (χ1) is 17.0. The van der Waals surface area contributed by atoms with Gasteiger partial charge in [0.1, 0.15) is 5.03 Å². The van der Waals surface area contributed by atoms with E-state index in [9.17, 15) is 4.79 Å². The SMILES string of the molecule is CCCN(C=O)/C(Sc1cc(Cl)cc(Cl)c1)=C(/CNCc1ccncc1)N(C)Cc1ccccc1. The highest BCUT2D eigenvalue weighted by atomic mass is 35.5. The summed E-state index contributed by atoms with van der Waals surface area (Å²) in [5.74, 6) is 0. The molecule has 3 aromatic rings. The molecule has 0 unspecified atom stereocenters. The molecule has 0 atom stereocenters. The molecule has 35 heavy (non-hydrogen) atoms. The van der Waals surface area contributed by atoms with Gasteiger partial charge >= 0.3 is 0 Å². The first-order valence-electron chi connectivity index (χ1n) is 11.4. The van der Waals surface area contributed by atoms with E-state index in [1.165, 1.54) is 17.3 Å². The third-order valence-electron chi connectivity index (χ3n) is 5.24. The van der Waals surface area contributed by atoms with Crippen LogP contribution in [0.1, 0.15) is 24.5 Å². The number of benzene rings is 2. The molecule has 0 bridgehead atoms. The summed E-state index contributed by atoms with van der Waals surface area (Å²) in [6, 6.07) is 19.7. The van der Waals surface area contributed by atoms with Gasteiger partial charge in [0.25, 0.3) is 0 Å². The third kappa shape index (κ3) is 8.58. The number of pyridine rings is 1. The fraction of sp³-hybridized carbons (Fsp3) is 0.259. The van der Waals surface area contributed by atoms with Crippen molar-refractivity contribution < 1.29 is 4.79 Å². The molecule has 0 saturated heterocycles. The average Bonchev–Trinajstić information content (AvgIpc) is 2.85. The molecule has 0 saturated carbocycles. The standard InChI is InChI=1S/C27H30Cl2N4OS/c1-3-13-33(20-34)27(35-25-15-23(28)14-24(29)16-25)26(18-31-17-21-9-11-30-12-10-21)32(2)19-22-7-5-4-6-8-22/h4-12,14-16,20,31H,3,13,17-19H2,1-2H3/b27-26+. The molecule has 0 radical (unpaired) electrons. The number of nitrogens with one attached hydrogen (secondary N) is 1. The molecule has 2 aromatic carbocycles. The van der Waals surface area contributed by atoms with Crippen molar-refractivity contribution in [1.29, 1.82) is 0 Å². The largest absolute Gasteiger partial charge is 0.370 e. The lowest BCUT2D eigenvalue weighted by atomic mass is 10.2. The van der Waals surface area contributed by atoms with Gasteiger partial charge in [-0.05, 0) is 47.9 Å². The van der Waals surface area contributed by atoms with Crippen LogP contribution in [0.25, 0.3) is 0 Å². The number of rotatable bonds is 13. The Hall–Kier alpha value is -2.51. The maximum Gasteiger partial charge on any atom is 0.214 e. The molecule has 184 valence electrons. The lowest BCUT2D eigenvalue weighted by Gasteiger charge is -2.30. The van der Waals surface area contributed by atoms with Crippen molar-refractivity contribution in [3.63, 3.8) is 0 Å². The van der Waals surface area contributed by atoms with Crippen LogP contribution in [0.2, 0.25) is 10.0 Å². The Morgan fingerprint density at radius 1 is 1.03 bits per heavy atom. The van der Waals surface area contributed by atoms with Gasteiger partial charge in [0.15, 0.2) is 0 Å². The summed E-state index contributed by atoms with van der Waals surface area (Å²) in [6.07, 6.45) is 5.31. The molecule has 3 rings (SSSR count). The van der Waals surface area contributed by atoms with Crippen molar-refractivity contribution in [2.75, 3.05) is 20.1 Å². The topological polar surface area (TPSA) is 48.5 Å². The van der Waals surface area contributed by atoms with E-state index in [2.05, 4.69) is 41.3 Å². The van der Waals surface area contributed by atoms with Gasteiger partial charge in [-0.15, -0.1) is 0 Å². The van der Waals surface area contributed by atoms with Crippen molar-refractivity contribution >= 4 is 41.4 Å². The van der Waals surface area contributed by atoms with E-state index in [0.29, 0.717) is 36.2 Å². The van der Waals surface area contributed by atoms with Gasteiger partial charge in [-0.2, -0.15) is 0 Å². The second kappa shape index (κ2) is 14.1. The van der Waals surface area contributed by atoms with Crippen LogP contribution < -0.4 is 5.32 Å². The molecule has 8 heteroatoms. The molecular formula is C27H30Cl2N4OS. The monoisotopic (exact) mass is 528 g/mol. The number of thioether (sulfide) groups is 1. The predicted octanol–water partition coefficient (Wildman–Crippen LogP) is 6.44. The first-order valence-corrected chi connectivity index (χ1v) is 13.0. The molecular weight excluding hydrogens is 499 g/mol. The third-order valence-corrected chi connectivity index (χ3v) is 6.82. The zero-order valence-corrected chi connectivity index (χ0v) is 22.3. The second-order valence-electron chi connectivity index (χ2n) is 8.06. The zero-order chi connectivity index (χ0) is 25.0. The predicted molar refractivity (Wildman–Crippen MR) is 146 cm³/mol. The molecule has 0 aliphatic carbocycles. The Morgan fingerprint density at radius 2 is 1.71 bits per heavy atom. The zero-order valence-electron chi connectivity index (χ0n) is 20.0. The summed E-state index contributed by atoms with van der Waals surface area (Å²) in [5.41, 5.74) is 3.33. The minimum absolute atomic E-state index is 0.558. The lowest BCUT2D eigenvalue weighted by Crippen LogP contribution is -2.32. The van der Waals surface area contributed by atoms with Crippen molar-refractivity contribution in [1.82, 2.24) is 20.1 Å². The number of hydrogen-bond acceptors (Lipinski definition) is 5. The summed E-state index contributed by atoms with van der Waals surface area (Å²) < 4.78 is 0. The summed E-state index contributed by atoms with van der Waals surface area (Å²) in [7, 11) is 2.05. The summed E-state index contributed by atoms with van der Waals surface area (Å²) in [6.45, 7) is 4.61. The number of halogens is 2. The van der Waals surface area contributed by atoms with Crippen molar-refractivity contribution in [2.45, 2.75) is 31.3 Å². The highest BCUT2D eigenvalue weighted by molar-refractivity contribution is 8.03. The van der Waals surface area contributed by atoms with Crippen LogP contribution in [0.4, 0.5) is 0 Å². The van der Waals surface area contributed by atoms with E-state index < -0.39 is 0 Å². The number of amides is 1. The summed E-state index contributed by atoms with van der Waals surface area (Å²) >= 11 is 14.1. The molecule has 0 aliphatic rings. The van der Waals surface area contributed by atoms with Crippen LogP contribution >= 0.6 is 35.0 Å². The van der Waals surface area contributed by atoms with Gasteiger partial charge in [-0.3, -0.25) is 9.78 Å². The summed E-state index contributed by atoms with van der Waals surface area (Å²) in [5, 5.41) is 5.51. The number of nitrogens with zero attached hydrogens (tertiary/aromatic N) is 3. The molecule has 1 amide bonds. The normalized spacial score (nSPS) is 11.7. The van der Waals surface area contributed by atoms with E-state index in [4.69, 9.17) is 23.2 Å². The molecule has 1 heterocycles. The van der Waals surface area contributed by atoms with E-state index in [1.54, 1.807) is 23.4 Å². The van der Waals surface area contributed by atoms with Crippen LogP contribution in [0.3, 0.4) is 0 Å². The fourth-order valence-corrected chi connectivity index (χ4v) is 5.43. The van der Waals surface area contributed by atoms with E-state index >= 15 is 0 Å². The van der Waals surface area contributed by atoms with Crippen molar-refractivity contribution in [3.05, 3.63) is 105 Å². The number of carbonyl (C=O) groups is 1. The van der Waals surface area contributed by atoms with Crippen LogP contribution in [0, 0.1) is 0 Å². The van der Waals surface area contributed by atoms with Gasteiger partial charge in [-0.1, -0.05) is 72.2 Å². The number of carbonyl (C=O) groups excluding carboxylic acids is 1. The average molecular weight is 530 g/mol. The van der Waals surface area contributed by atoms with Crippen LogP contribution in [-0.4, -0.2) is 41.3 Å². The highest BCUT2D eigenvalue weighted by Crippen LogP contribution is 2.35. The minimum atomic E-state index is 0.558. The number of hydrogen-bond donors (Lipinski definition) is 1. The van der Waals surface area contributed by atoms with Crippen LogP contribution in [0.15, 0.2) is 88.7 Å². The van der Waals surface area contributed by atoms with Gasteiger partial charge in [-0.25, -0.2) is 0 Å². The number of likely N-dealkylation sites (N-methyl/N-ethyl adjacent to an activating group) is 1. The molecule has 5 nitrogen and oxygen atoms in total. The van der Waals surface area contributed by atoms with Crippen molar-refractivity contribution in [3.8, 4) is 0 Å². The lowest BCUT2D eigenvalue weighted by molar-refractivity contribution is -0.116. The molecule has 0 spiro atoms. The number of aromatic nitrogens is 1. The maximum absolute atomic E-state index is 12.2. The van der Waals surface area contributed by atoms with E-state index in [0.717, 1.165) is 34.0 Å². The minimum Gasteiger partial charge on any atom is -0.370 e. The van der Waals surface area contributed by atoms with Crippen LogP contribution in [0.5, 0.6) is 0 Å². The Balaban J connectivity index is 1.99. The van der Waals surface area contributed by atoms with Gasteiger partial charge < -0.3 is 15.1 Å². The molecule has 1 aromatic heterocycles. The van der Waals surface area contributed by atoms with Gasteiger partial charge in [0.2, 0.25) is 6.41 Å². The Labute approximate surface area is 222 Å². The smallest absolute Gasteiger partial charge is 0.214 e. The Bertz CT molecular complexity index is 1090. The first kappa shape index (κ1) is 27.1. The van der Waals surface area contributed by atoms with Crippen LogP contribution in [-0.2, 0) is 17.9 Å². The molecule has 0 fully saturated rings. The second-order valence-corrected chi connectivity index (χ2v) is 9.99. The van der Waals surface area contributed by atoms with Crippen molar-refractivity contribution in [2.24, 2.45) is 0 Å². The van der Waals surface area contributed by atoms with Gasteiger partial charge in [0.05, 0.1) is 5.70 Å². The van der Waals surface area contributed by atoms with Gasteiger partial charge in [0, 0.05) is 60.6 Å². The molecule has 1 N–H and O–H groups in total. The van der Waals surface area contributed by atoms with E-state index in [1.807, 2.05) is 42.5 Å². The fourth-order valence-electron chi connectivity index (χ4n) is 3.58. The Kier molecular flexibility index (Phi) is 10.9. The maximum atomic E-state index is 12.2. The quantitative estimate of drug-likeness (QED) is 0.204. The highest BCUT2D eigenvalue weighted by Gasteiger charge is 2.20. The Morgan fingerprint density at radius 3 is 2.34 bits per heavy atom. The summed E-state index contributed by atoms with van der Waals surface area (Å²) in [4.78, 5) is 21.1.